The van der Waals surface area contributed by atoms with Crippen LogP contribution < -0.4 is 5.32 Å². The first-order chi connectivity index (χ1) is 9.31. The lowest BCUT2D eigenvalue weighted by atomic mass is 10.2. The van der Waals surface area contributed by atoms with Crippen LogP contribution in [0.25, 0.3) is 0 Å². The molecule has 3 heteroatoms. The molecule has 0 spiro atoms. The Balaban J connectivity index is 2.01. The van der Waals surface area contributed by atoms with Gasteiger partial charge in [0.2, 0.25) is 0 Å². The SMILES string of the molecule is CNCc1cccc(SCc2cccc(C#N)c2)c1. The second kappa shape index (κ2) is 6.98. The van der Waals surface area contributed by atoms with Crippen molar-refractivity contribution in [3.8, 4) is 6.07 Å². The van der Waals surface area contributed by atoms with Crippen LogP contribution in [0, 0.1) is 11.3 Å². The molecule has 2 rings (SSSR count). The predicted octanol–water partition coefficient (Wildman–Crippen LogP) is 3.57. The fourth-order valence-electron chi connectivity index (χ4n) is 1.85. The molecule has 0 aliphatic heterocycles. The van der Waals surface area contributed by atoms with Gasteiger partial charge in [-0.2, -0.15) is 5.26 Å². The molecule has 0 unspecified atom stereocenters. The average Bonchev–Trinajstić information content (AvgIpc) is 2.46. The lowest BCUT2D eigenvalue weighted by Crippen LogP contribution is -2.04. The van der Waals surface area contributed by atoms with Crippen molar-refractivity contribution >= 4 is 11.8 Å². The van der Waals surface area contributed by atoms with Gasteiger partial charge in [-0.1, -0.05) is 24.3 Å². The van der Waals surface area contributed by atoms with Crippen LogP contribution in [0.2, 0.25) is 0 Å². The van der Waals surface area contributed by atoms with Crippen molar-refractivity contribution in [2.45, 2.75) is 17.2 Å². The first-order valence-corrected chi connectivity index (χ1v) is 7.16. The third-order valence-corrected chi connectivity index (χ3v) is 3.81. The molecule has 0 saturated heterocycles. The Hall–Kier alpha value is -1.76. The largest absolute Gasteiger partial charge is 0.316 e. The molecule has 96 valence electrons. The van der Waals surface area contributed by atoms with Crippen LogP contribution in [0.1, 0.15) is 16.7 Å². The summed E-state index contributed by atoms with van der Waals surface area (Å²) >= 11 is 1.80. The van der Waals surface area contributed by atoms with E-state index >= 15 is 0 Å². The van der Waals surface area contributed by atoms with Crippen LogP contribution in [0.3, 0.4) is 0 Å². The van der Waals surface area contributed by atoms with E-state index in [-0.39, 0.29) is 0 Å². The maximum atomic E-state index is 8.88. The highest BCUT2D eigenvalue weighted by molar-refractivity contribution is 7.98. The van der Waals surface area contributed by atoms with Gasteiger partial charge in [-0.3, -0.25) is 0 Å². The summed E-state index contributed by atoms with van der Waals surface area (Å²) < 4.78 is 0. The van der Waals surface area contributed by atoms with Crippen LogP contribution in [0.4, 0.5) is 0 Å². The molecule has 2 nitrogen and oxygen atoms in total. The molecule has 2 aromatic rings. The quantitative estimate of drug-likeness (QED) is 0.842. The number of rotatable bonds is 5. The molecule has 0 aromatic heterocycles. The Kier molecular flexibility index (Phi) is 5.02. The van der Waals surface area contributed by atoms with Gasteiger partial charge < -0.3 is 5.32 Å². The molecule has 1 N–H and O–H groups in total. The van der Waals surface area contributed by atoms with E-state index < -0.39 is 0 Å². The van der Waals surface area contributed by atoms with Gasteiger partial charge in [0.25, 0.3) is 0 Å². The molecule has 19 heavy (non-hydrogen) atoms. The number of thioether (sulfide) groups is 1. The van der Waals surface area contributed by atoms with E-state index in [1.807, 2.05) is 25.2 Å². The van der Waals surface area contributed by atoms with E-state index in [0.29, 0.717) is 0 Å². The molecular weight excluding hydrogens is 252 g/mol. The van der Waals surface area contributed by atoms with Gasteiger partial charge in [0.15, 0.2) is 0 Å². The first kappa shape index (κ1) is 13.7. The van der Waals surface area contributed by atoms with E-state index in [1.165, 1.54) is 16.0 Å². The van der Waals surface area contributed by atoms with Crippen LogP contribution in [-0.2, 0) is 12.3 Å². The van der Waals surface area contributed by atoms with Crippen molar-refractivity contribution < 1.29 is 0 Å². The molecule has 0 amide bonds. The van der Waals surface area contributed by atoms with Gasteiger partial charge in [0.05, 0.1) is 11.6 Å². The summed E-state index contributed by atoms with van der Waals surface area (Å²) in [5.41, 5.74) is 3.20. The number of nitrogens with zero attached hydrogens (tertiary/aromatic N) is 1. The number of hydrogen-bond acceptors (Lipinski definition) is 3. The number of nitriles is 1. The number of benzene rings is 2. The maximum absolute atomic E-state index is 8.88. The molecule has 0 saturated carbocycles. The third-order valence-electron chi connectivity index (χ3n) is 2.74. The minimum absolute atomic E-state index is 0.724. The zero-order valence-electron chi connectivity index (χ0n) is 10.9. The van der Waals surface area contributed by atoms with Crippen molar-refractivity contribution in [3.05, 3.63) is 65.2 Å². The molecule has 0 bridgehead atoms. The van der Waals surface area contributed by atoms with Crippen molar-refractivity contribution in [2.24, 2.45) is 0 Å². The summed E-state index contributed by atoms with van der Waals surface area (Å²) in [7, 11) is 1.95. The molecule has 0 heterocycles. The van der Waals surface area contributed by atoms with Crippen LogP contribution >= 0.6 is 11.8 Å². The number of nitrogens with one attached hydrogen (secondary N) is 1. The van der Waals surface area contributed by atoms with Crippen LogP contribution in [0.5, 0.6) is 0 Å². The fraction of sp³-hybridized carbons (Fsp3) is 0.188. The zero-order valence-corrected chi connectivity index (χ0v) is 11.7. The Morgan fingerprint density at radius 2 is 1.89 bits per heavy atom. The maximum Gasteiger partial charge on any atom is 0.0991 e. The van der Waals surface area contributed by atoms with Gasteiger partial charge in [-0.25, -0.2) is 0 Å². The van der Waals surface area contributed by atoms with Gasteiger partial charge in [0.1, 0.15) is 0 Å². The molecule has 2 aromatic carbocycles. The summed E-state index contributed by atoms with van der Waals surface area (Å²) in [5.74, 6) is 0.887. The Labute approximate surface area is 118 Å². The molecule has 0 aliphatic carbocycles. The van der Waals surface area contributed by atoms with E-state index in [0.717, 1.165) is 17.9 Å². The predicted molar refractivity (Wildman–Crippen MR) is 79.9 cm³/mol. The molecular formula is C16H16N2S. The van der Waals surface area contributed by atoms with Gasteiger partial charge in [-0.15, -0.1) is 11.8 Å². The summed E-state index contributed by atoms with van der Waals surface area (Å²) in [5, 5.41) is 12.0. The molecule has 0 fully saturated rings. The third kappa shape index (κ3) is 4.13. The smallest absolute Gasteiger partial charge is 0.0991 e. The highest BCUT2D eigenvalue weighted by Crippen LogP contribution is 2.23. The lowest BCUT2D eigenvalue weighted by Gasteiger charge is -2.05. The summed E-state index contributed by atoms with van der Waals surface area (Å²) in [6.07, 6.45) is 0. The topological polar surface area (TPSA) is 35.8 Å². The second-order valence-electron chi connectivity index (χ2n) is 4.28. The van der Waals surface area contributed by atoms with Crippen molar-refractivity contribution in [1.29, 1.82) is 5.26 Å². The van der Waals surface area contributed by atoms with E-state index in [4.69, 9.17) is 5.26 Å². The summed E-state index contributed by atoms with van der Waals surface area (Å²) in [6, 6.07) is 18.5. The van der Waals surface area contributed by atoms with Gasteiger partial charge in [0, 0.05) is 17.2 Å². The van der Waals surface area contributed by atoms with Crippen molar-refractivity contribution in [2.75, 3.05) is 7.05 Å². The van der Waals surface area contributed by atoms with Crippen molar-refractivity contribution in [1.82, 2.24) is 5.32 Å². The summed E-state index contributed by atoms with van der Waals surface area (Å²) in [4.78, 5) is 1.26. The van der Waals surface area contributed by atoms with Crippen LogP contribution in [-0.4, -0.2) is 7.05 Å². The number of hydrogen-bond donors (Lipinski definition) is 1. The highest BCUT2D eigenvalue weighted by atomic mass is 32.2. The average molecular weight is 268 g/mol. The van der Waals surface area contributed by atoms with E-state index in [9.17, 15) is 0 Å². The fourth-order valence-corrected chi connectivity index (χ4v) is 2.77. The normalized spacial score (nSPS) is 10.1. The minimum atomic E-state index is 0.724. The lowest BCUT2D eigenvalue weighted by molar-refractivity contribution is 0.815. The minimum Gasteiger partial charge on any atom is -0.316 e. The standard InChI is InChI=1S/C16H16N2S/c1-18-11-14-5-3-7-16(9-14)19-12-15-6-2-4-13(8-15)10-17/h2-9,18H,11-12H2,1H3. The molecule has 0 atom stereocenters. The van der Waals surface area contributed by atoms with Crippen LogP contribution in [0.15, 0.2) is 53.4 Å². The van der Waals surface area contributed by atoms with E-state index in [2.05, 4.69) is 41.7 Å². The molecule has 0 radical (unpaired) electrons. The Morgan fingerprint density at radius 1 is 1.11 bits per heavy atom. The first-order valence-electron chi connectivity index (χ1n) is 6.17. The highest BCUT2D eigenvalue weighted by Gasteiger charge is 1.99. The summed E-state index contributed by atoms with van der Waals surface area (Å²) in [6.45, 7) is 0.887. The Bertz CT molecular complexity index is 587. The van der Waals surface area contributed by atoms with Crippen molar-refractivity contribution in [3.63, 3.8) is 0 Å². The second-order valence-corrected chi connectivity index (χ2v) is 5.33. The zero-order chi connectivity index (χ0) is 13.5. The monoisotopic (exact) mass is 268 g/mol. The molecule has 0 aliphatic rings. The Morgan fingerprint density at radius 3 is 2.68 bits per heavy atom. The van der Waals surface area contributed by atoms with Gasteiger partial charge in [-0.05, 0) is 42.4 Å². The van der Waals surface area contributed by atoms with Gasteiger partial charge >= 0.3 is 0 Å². The van der Waals surface area contributed by atoms with E-state index in [1.54, 1.807) is 11.8 Å².